The van der Waals surface area contributed by atoms with Gasteiger partial charge in [0.2, 0.25) is 5.88 Å². The average Bonchev–Trinajstić information content (AvgIpc) is 2.29. The monoisotopic (exact) mass is 249 g/mol. The molecule has 1 aromatic heterocycles. The van der Waals surface area contributed by atoms with Crippen LogP contribution in [0.3, 0.4) is 0 Å². The number of nitrogens with two attached hydrogens (primary N) is 1. The highest BCUT2D eigenvalue weighted by Gasteiger charge is 2.08. The number of benzene rings is 1. The smallest absolute Gasteiger partial charge is 0.222 e. The topological polar surface area (TPSA) is 61.0 Å². The van der Waals surface area contributed by atoms with E-state index in [0.717, 1.165) is 11.3 Å². The van der Waals surface area contributed by atoms with Gasteiger partial charge >= 0.3 is 0 Å². The highest BCUT2D eigenvalue weighted by molar-refractivity contribution is 6.31. The van der Waals surface area contributed by atoms with Gasteiger partial charge in [-0.1, -0.05) is 17.7 Å². The van der Waals surface area contributed by atoms with E-state index >= 15 is 0 Å². The number of aromatic nitrogens is 2. The summed E-state index contributed by atoms with van der Waals surface area (Å²) in [7, 11) is 0. The molecule has 0 radical (unpaired) electrons. The maximum atomic E-state index is 6.03. The van der Waals surface area contributed by atoms with E-state index in [9.17, 15) is 0 Å². The first-order chi connectivity index (χ1) is 8.20. The minimum absolute atomic E-state index is 0.319. The summed E-state index contributed by atoms with van der Waals surface area (Å²) in [5.41, 5.74) is 7.25. The maximum Gasteiger partial charge on any atom is 0.222 e. The standard InChI is InChI=1S/C12H12ClN3O/c1-8-5-12(16-7-15-8)17-11-4-2-3-10(13)9(11)6-14/h2-5,7H,6,14H2,1H3. The molecule has 0 aliphatic carbocycles. The van der Waals surface area contributed by atoms with Gasteiger partial charge in [0, 0.05) is 28.9 Å². The molecule has 0 aliphatic rings. The molecule has 0 atom stereocenters. The highest BCUT2D eigenvalue weighted by atomic mass is 35.5. The van der Waals surface area contributed by atoms with E-state index in [2.05, 4.69) is 9.97 Å². The van der Waals surface area contributed by atoms with Crippen LogP contribution in [-0.2, 0) is 6.54 Å². The summed E-state index contributed by atoms with van der Waals surface area (Å²) in [5.74, 6) is 1.10. The second-order valence-corrected chi connectivity index (χ2v) is 3.93. The van der Waals surface area contributed by atoms with E-state index in [1.807, 2.05) is 19.1 Å². The minimum atomic E-state index is 0.319. The van der Waals surface area contributed by atoms with Crippen molar-refractivity contribution in [3.63, 3.8) is 0 Å². The number of nitrogens with zero attached hydrogens (tertiary/aromatic N) is 2. The Morgan fingerprint density at radius 3 is 2.88 bits per heavy atom. The zero-order valence-corrected chi connectivity index (χ0v) is 10.1. The normalized spacial score (nSPS) is 10.3. The van der Waals surface area contributed by atoms with Crippen molar-refractivity contribution in [3.8, 4) is 11.6 Å². The first-order valence-electron chi connectivity index (χ1n) is 5.14. The molecule has 2 aromatic rings. The molecule has 0 saturated heterocycles. The van der Waals surface area contributed by atoms with Crippen LogP contribution in [0.1, 0.15) is 11.3 Å². The Bertz CT molecular complexity index is 531. The Kier molecular flexibility index (Phi) is 3.56. The number of hydrogen-bond acceptors (Lipinski definition) is 4. The molecule has 0 bridgehead atoms. The van der Waals surface area contributed by atoms with Crippen LogP contribution >= 0.6 is 11.6 Å². The van der Waals surface area contributed by atoms with E-state index in [0.29, 0.717) is 23.2 Å². The Morgan fingerprint density at radius 2 is 2.18 bits per heavy atom. The van der Waals surface area contributed by atoms with Gasteiger partial charge < -0.3 is 10.5 Å². The van der Waals surface area contributed by atoms with Crippen LogP contribution in [0, 0.1) is 6.92 Å². The fourth-order valence-electron chi connectivity index (χ4n) is 1.43. The largest absolute Gasteiger partial charge is 0.439 e. The number of halogens is 1. The summed E-state index contributed by atoms with van der Waals surface area (Å²) in [4.78, 5) is 8.02. The fraction of sp³-hybridized carbons (Fsp3) is 0.167. The van der Waals surface area contributed by atoms with E-state index in [1.54, 1.807) is 12.1 Å². The van der Waals surface area contributed by atoms with Gasteiger partial charge in [-0.3, -0.25) is 0 Å². The second-order valence-electron chi connectivity index (χ2n) is 3.52. The van der Waals surface area contributed by atoms with Crippen LogP contribution in [-0.4, -0.2) is 9.97 Å². The maximum absolute atomic E-state index is 6.03. The summed E-state index contributed by atoms with van der Waals surface area (Å²) in [6.45, 7) is 2.19. The van der Waals surface area contributed by atoms with E-state index in [4.69, 9.17) is 22.1 Å². The molecule has 0 amide bonds. The van der Waals surface area contributed by atoms with Crippen molar-refractivity contribution in [1.29, 1.82) is 0 Å². The SMILES string of the molecule is Cc1cc(Oc2cccc(Cl)c2CN)ncn1. The van der Waals surface area contributed by atoms with Gasteiger partial charge in [-0.05, 0) is 19.1 Å². The predicted octanol–water partition coefficient (Wildman–Crippen LogP) is 2.69. The number of ether oxygens (including phenoxy) is 1. The molecule has 2 N–H and O–H groups in total. The zero-order chi connectivity index (χ0) is 12.3. The van der Waals surface area contributed by atoms with Crippen molar-refractivity contribution < 1.29 is 4.74 Å². The zero-order valence-electron chi connectivity index (χ0n) is 9.35. The third kappa shape index (κ3) is 2.72. The molecule has 0 fully saturated rings. The van der Waals surface area contributed by atoms with Crippen LogP contribution in [0.5, 0.6) is 11.6 Å². The van der Waals surface area contributed by atoms with Crippen LogP contribution < -0.4 is 10.5 Å². The van der Waals surface area contributed by atoms with E-state index in [-0.39, 0.29) is 0 Å². The Labute approximate surface area is 104 Å². The van der Waals surface area contributed by atoms with Gasteiger partial charge in [0.25, 0.3) is 0 Å². The quantitative estimate of drug-likeness (QED) is 0.909. The molecule has 5 heteroatoms. The van der Waals surface area contributed by atoms with Crippen molar-refractivity contribution >= 4 is 11.6 Å². The van der Waals surface area contributed by atoms with Crippen molar-refractivity contribution in [3.05, 3.63) is 46.9 Å². The lowest BCUT2D eigenvalue weighted by Crippen LogP contribution is -2.01. The number of aryl methyl sites for hydroxylation is 1. The third-order valence-electron chi connectivity index (χ3n) is 2.27. The molecule has 0 saturated carbocycles. The van der Waals surface area contributed by atoms with Gasteiger partial charge in [-0.25, -0.2) is 9.97 Å². The van der Waals surface area contributed by atoms with Crippen molar-refractivity contribution in [2.45, 2.75) is 13.5 Å². The Balaban J connectivity index is 2.33. The van der Waals surface area contributed by atoms with E-state index < -0.39 is 0 Å². The fourth-order valence-corrected chi connectivity index (χ4v) is 1.67. The van der Waals surface area contributed by atoms with Crippen molar-refractivity contribution in [1.82, 2.24) is 9.97 Å². The van der Waals surface area contributed by atoms with E-state index in [1.165, 1.54) is 6.33 Å². The molecular weight excluding hydrogens is 238 g/mol. The summed E-state index contributed by atoms with van der Waals surface area (Å²) >= 11 is 6.03. The molecule has 2 rings (SSSR count). The Morgan fingerprint density at radius 1 is 1.35 bits per heavy atom. The van der Waals surface area contributed by atoms with Crippen molar-refractivity contribution in [2.24, 2.45) is 5.73 Å². The van der Waals surface area contributed by atoms with Crippen LogP contribution in [0.25, 0.3) is 0 Å². The summed E-state index contributed by atoms with van der Waals surface area (Å²) < 4.78 is 5.65. The molecule has 1 heterocycles. The second kappa shape index (κ2) is 5.12. The molecule has 4 nitrogen and oxygen atoms in total. The molecule has 88 valence electrons. The minimum Gasteiger partial charge on any atom is -0.439 e. The molecule has 17 heavy (non-hydrogen) atoms. The summed E-state index contributed by atoms with van der Waals surface area (Å²) in [5, 5.41) is 0.593. The molecule has 0 unspecified atom stereocenters. The lowest BCUT2D eigenvalue weighted by Gasteiger charge is -2.10. The van der Waals surface area contributed by atoms with Gasteiger partial charge in [0.1, 0.15) is 12.1 Å². The first-order valence-corrected chi connectivity index (χ1v) is 5.52. The van der Waals surface area contributed by atoms with Crippen LogP contribution in [0.15, 0.2) is 30.6 Å². The third-order valence-corrected chi connectivity index (χ3v) is 2.63. The summed E-state index contributed by atoms with van der Waals surface area (Å²) in [6, 6.07) is 7.15. The molecular formula is C12H12ClN3O. The number of rotatable bonds is 3. The number of hydrogen-bond donors (Lipinski definition) is 1. The van der Waals surface area contributed by atoms with Gasteiger partial charge in [0.05, 0.1) is 0 Å². The van der Waals surface area contributed by atoms with Crippen LogP contribution in [0.4, 0.5) is 0 Å². The van der Waals surface area contributed by atoms with Crippen molar-refractivity contribution in [2.75, 3.05) is 0 Å². The molecule has 1 aromatic carbocycles. The molecule has 0 spiro atoms. The highest BCUT2D eigenvalue weighted by Crippen LogP contribution is 2.29. The lowest BCUT2D eigenvalue weighted by atomic mass is 10.2. The molecule has 0 aliphatic heterocycles. The average molecular weight is 250 g/mol. The Hall–Kier alpha value is -1.65. The van der Waals surface area contributed by atoms with Gasteiger partial charge in [-0.15, -0.1) is 0 Å². The van der Waals surface area contributed by atoms with Gasteiger partial charge in [0.15, 0.2) is 0 Å². The predicted molar refractivity (Wildman–Crippen MR) is 66.2 cm³/mol. The summed E-state index contributed by atoms with van der Waals surface area (Å²) in [6.07, 6.45) is 1.46. The van der Waals surface area contributed by atoms with Gasteiger partial charge in [-0.2, -0.15) is 0 Å². The lowest BCUT2D eigenvalue weighted by molar-refractivity contribution is 0.455. The van der Waals surface area contributed by atoms with Crippen LogP contribution in [0.2, 0.25) is 5.02 Å². The first kappa shape index (κ1) is 11.8.